The molecular weight excluding hydrogens is 206 g/mol. The molecule has 0 aromatic carbocycles. The molecule has 4 nitrogen and oxygen atoms in total. The summed E-state index contributed by atoms with van der Waals surface area (Å²) < 4.78 is 0. The van der Waals surface area contributed by atoms with E-state index >= 15 is 0 Å². The molecule has 0 heterocycles. The fourth-order valence-corrected chi connectivity index (χ4v) is 1.68. The van der Waals surface area contributed by atoms with Crippen molar-refractivity contribution in [2.45, 2.75) is 44.6 Å². The van der Waals surface area contributed by atoms with Crippen LogP contribution in [0.2, 0.25) is 0 Å². The first-order chi connectivity index (χ1) is 7.65. The Hall–Kier alpha value is -1.32. The van der Waals surface area contributed by atoms with Crippen molar-refractivity contribution in [1.29, 1.82) is 0 Å². The van der Waals surface area contributed by atoms with E-state index in [1.54, 1.807) is 6.08 Å². The zero-order valence-electron chi connectivity index (χ0n) is 9.52. The molecule has 0 aliphatic heterocycles. The zero-order valence-corrected chi connectivity index (χ0v) is 9.52. The van der Waals surface area contributed by atoms with Gasteiger partial charge in [-0.2, -0.15) is 0 Å². The minimum Gasteiger partial charge on any atom is -0.481 e. The number of aliphatic carboxylic acids is 1. The van der Waals surface area contributed by atoms with E-state index in [0.29, 0.717) is 31.8 Å². The highest BCUT2D eigenvalue weighted by Crippen LogP contribution is 2.27. The summed E-state index contributed by atoms with van der Waals surface area (Å²) >= 11 is 0. The maximum absolute atomic E-state index is 11.8. The van der Waals surface area contributed by atoms with E-state index in [0.717, 1.165) is 12.8 Å². The summed E-state index contributed by atoms with van der Waals surface area (Å²) in [5, 5.41) is 8.46. The normalized spacial score (nSPS) is 14.5. The monoisotopic (exact) mass is 225 g/mol. The number of unbranched alkanes of at least 4 members (excludes halogenated alkanes) is 1. The van der Waals surface area contributed by atoms with Gasteiger partial charge in [-0.15, -0.1) is 6.58 Å². The fraction of sp³-hybridized carbons (Fsp3) is 0.667. The van der Waals surface area contributed by atoms with Crippen LogP contribution in [0.3, 0.4) is 0 Å². The lowest BCUT2D eigenvalue weighted by Gasteiger charge is -2.20. The lowest BCUT2D eigenvalue weighted by molar-refractivity contribution is -0.137. The van der Waals surface area contributed by atoms with Crippen molar-refractivity contribution in [1.82, 2.24) is 4.90 Å². The maximum atomic E-state index is 11.8. The van der Waals surface area contributed by atoms with Gasteiger partial charge < -0.3 is 10.0 Å². The van der Waals surface area contributed by atoms with Gasteiger partial charge >= 0.3 is 5.97 Å². The predicted octanol–water partition coefficient (Wildman–Crippen LogP) is 1.81. The van der Waals surface area contributed by atoms with Crippen LogP contribution in [0.15, 0.2) is 12.7 Å². The molecule has 0 radical (unpaired) electrons. The van der Waals surface area contributed by atoms with Crippen molar-refractivity contribution in [2.24, 2.45) is 0 Å². The van der Waals surface area contributed by atoms with Gasteiger partial charge in [-0.1, -0.05) is 6.08 Å². The molecule has 0 bridgehead atoms. The van der Waals surface area contributed by atoms with Crippen LogP contribution < -0.4 is 0 Å². The van der Waals surface area contributed by atoms with Crippen molar-refractivity contribution in [3.8, 4) is 0 Å². The third kappa shape index (κ3) is 4.47. The van der Waals surface area contributed by atoms with Gasteiger partial charge in [0.1, 0.15) is 0 Å². The Bertz CT molecular complexity index is 271. The molecule has 4 heteroatoms. The fourth-order valence-electron chi connectivity index (χ4n) is 1.68. The number of hydrogen-bond donors (Lipinski definition) is 1. The van der Waals surface area contributed by atoms with Crippen molar-refractivity contribution in [3.05, 3.63) is 12.7 Å². The Morgan fingerprint density at radius 1 is 1.31 bits per heavy atom. The minimum atomic E-state index is -0.794. The molecule has 90 valence electrons. The minimum absolute atomic E-state index is 0.132. The van der Waals surface area contributed by atoms with E-state index < -0.39 is 5.97 Å². The van der Waals surface area contributed by atoms with Crippen LogP contribution in [0.5, 0.6) is 0 Å². The topological polar surface area (TPSA) is 57.6 Å². The Morgan fingerprint density at radius 3 is 2.44 bits per heavy atom. The van der Waals surface area contributed by atoms with E-state index in [1.165, 1.54) is 0 Å². The zero-order chi connectivity index (χ0) is 12.0. The number of nitrogens with zero attached hydrogens (tertiary/aromatic N) is 1. The first-order valence-corrected chi connectivity index (χ1v) is 5.77. The molecule has 0 aromatic heterocycles. The summed E-state index contributed by atoms with van der Waals surface area (Å²) in [6.45, 7) is 4.25. The molecule has 0 atom stereocenters. The van der Waals surface area contributed by atoms with Crippen LogP contribution >= 0.6 is 0 Å². The predicted molar refractivity (Wildman–Crippen MR) is 61.0 cm³/mol. The van der Waals surface area contributed by atoms with Gasteiger partial charge in [0.2, 0.25) is 5.91 Å². The molecule has 16 heavy (non-hydrogen) atoms. The van der Waals surface area contributed by atoms with Gasteiger partial charge in [0, 0.05) is 25.4 Å². The quantitative estimate of drug-likeness (QED) is 0.506. The van der Waals surface area contributed by atoms with Crippen molar-refractivity contribution in [2.75, 3.05) is 6.54 Å². The summed E-state index contributed by atoms with van der Waals surface area (Å²) in [6.07, 6.45) is 5.77. The first-order valence-electron chi connectivity index (χ1n) is 5.77. The smallest absolute Gasteiger partial charge is 0.303 e. The highest BCUT2D eigenvalue weighted by atomic mass is 16.4. The molecule has 1 fully saturated rings. The number of carboxylic acid groups (broad SMARTS) is 1. The second-order valence-electron chi connectivity index (χ2n) is 4.17. The summed E-state index contributed by atoms with van der Waals surface area (Å²) in [7, 11) is 0. The van der Waals surface area contributed by atoms with Crippen LogP contribution in [0.4, 0.5) is 0 Å². The molecule has 1 aliphatic carbocycles. The van der Waals surface area contributed by atoms with Gasteiger partial charge in [0.25, 0.3) is 0 Å². The third-order valence-electron chi connectivity index (χ3n) is 2.67. The molecule has 1 amide bonds. The summed E-state index contributed by atoms with van der Waals surface area (Å²) in [6, 6.07) is 0.407. The van der Waals surface area contributed by atoms with Gasteiger partial charge in [-0.05, 0) is 25.7 Å². The first kappa shape index (κ1) is 12.7. The van der Waals surface area contributed by atoms with Crippen LogP contribution in [0.25, 0.3) is 0 Å². The number of carbonyl (C=O) groups excluding carboxylic acids is 1. The van der Waals surface area contributed by atoms with Crippen molar-refractivity contribution < 1.29 is 14.7 Å². The molecule has 1 aliphatic rings. The molecule has 0 spiro atoms. The van der Waals surface area contributed by atoms with Gasteiger partial charge in [-0.3, -0.25) is 9.59 Å². The molecule has 0 unspecified atom stereocenters. The average Bonchev–Trinajstić information content (AvgIpc) is 3.04. The molecule has 1 N–H and O–H groups in total. The van der Waals surface area contributed by atoms with Crippen LogP contribution in [-0.2, 0) is 9.59 Å². The molecule has 0 aromatic rings. The van der Waals surface area contributed by atoms with Gasteiger partial charge in [-0.25, -0.2) is 0 Å². The highest BCUT2D eigenvalue weighted by Gasteiger charge is 2.31. The van der Waals surface area contributed by atoms with Crippen molar-refractivity contribution in [3.63, 3.8) is 0 Å². The van der Waals surface area contributed by atoms with E-state index in [2.05, 4.69) is 6.58 Å². The lowest BCUT2D eigenvalue weighted by Crippen LogP contribution is -2.32. The molecule has 1 rings (SSSR count). The van der Waals surface area contributed by atoms with E-state index in [9.17, 15) is 9.59 Å². The number of hydrogen-bond acceptors (Lipinski definition) is 2. The molecule has 0 saturated heterocycles. The summed E-state index contributed by atoms with van der Waals surface area (Å²) in [5.74, 6) is -0.662. The Kier molecular flexibility index (Phi) is 5.02. The highest BCUT2D eigenvalue weighted by molar-refractivity contribution is 5.77. The number of rotatable bonds is 8. The second kappa shape index (κ2) is 6.30. The second-order valence-corrected chi connectivity index (χ2v) is 4.17. The Balaban J connectivity index is 2.21. The van der Waals surface area contributed by atoms with Crippen LogP contribution in [0, 0.1) is 0 Å². The third-order valence-corrected chi connectivity index (χ3v) is 2.67. The van der Waals surface area contributed by atoms with Crippen LogP contribution in [-0.4, -0.2) is 34.5 Å². The SMILES string of the molecule is C=CCN(C(=O)CCCCC(=O)O)C1CC1. The van der Waals surface area contributed by atoms with E-state index in [1.807, 2.05) is 4.90 Å². The van der Waals surface area contributed by atoms with Gasteiger partial charge in [0.05, 0.1) is 0 Å². The maximum Gasteiger partial charge on any atom is 0.303 e. The Morgan fingerprint density at radius 2 is 1.94 bits per heavy atom. The summed E-state index contributed by atoms with van der Waals surface area (Å²) in [5.41, 5.74) is 0. The van der Waals surface area contributed by atoms with Gasteiger partial charge in [0.15, 0.2) is 0 Å². The number of amides is 1. The largest absolute Gasteiger partial charge is 0.481 e. The standard InChI is InChI=1S/C12H19NO3/c1-2-9-13(10-7-8-10)11(14)5-3-4-6-12(15)16/h2,10H,1,3-9H2,(H,15,16). The number of carbonyl (C=O) groups is 2. The van der Waals surface area contributed by atoms with Crippen LogP contribution in [0.1, 0.15) is 38.5 Å². The van der Waals surface area contributed by atoms with Crippen molar-refractivity contribution >= 4 is 11.9 Å². The number of carboxylic acids is 1. The lowest BCUT2D eigenvalue weighted by atomic mass is 10.2. The molecular formula is C12H19NO3. The average molecular weight is 225 g/mol. The Labute approximate surface area is 95.9 Å². The van der Waals surface area contributed by atoms with E-state index in [4.69, 9.17) is 5.11 Å². The summed E-state index contributed by atoms with van der Waals surface area (Å²) in [4.78, 5) is 23.9. The van der Waals surface area contributed by atoms with E-state index in [-0.39, 0.29) is 12.3 Å². The molecule has 1 saturated carbocycles.